The van der Waals surface area contributed by atoms with Crippen molar-refractivity contribution in [1.82, 2.24) is 5.43 Å². The van der Waals surface area contributed by atoms with E-state index in [0.717, 1.165) is 17.7 Å². The number of benzene rings is 1. The van der Waals surface area contributed by atoms with Crippen LogP contribution < -0.4 is 11.3 Å². The molecule has 0 saturated carbocycles. The highest BCUT2D eigenvalue weighted by atomic mass is 16.3. The molecule has 1 aromatic heterocycles. The van der Waals surface area contributed by atoms with E-state index in [4.69, 9.17) is 10.3 Å². The van der Waals surface area contributed by atoms with Crippen molar-refractivity contribution < 1.29 is 4.42 Å². The molecule has 0 fully saturated rings. The Kier molecular flexibility index (Phi) is 3.84. The van der Waals surface area contributed by atoms with Crippen LogP contribution in [0.1, 0.15) is 34.1 Å². The number of hydrazine groups is 1. The minimum Gasteiger partial charge on any atom is -0.469 e. The zero-order chi connectivity index (χ0) is 13.1. The largest absolute Gasteiger partial charge is 0.469 e. The first-order chi connectivity index (χ1) is 8.58. The molecule has 3 heteroatoms. The minimum atomic E-state index is 0.0867. The van der Waals surface area contributed by atoms with E-state index in [-0.39, 0.29) is 6.04 Å². The lowest BCUT2D eigenvalue weighted by Crippen LogP contribution is -2.29. The smallest absolute Gasteiger partial charge is 0.101 e. The van der Waals surface area contributed by atoms with E-state index in [0.29, 0.717) is 0 Å². The Labute approximate surface area is 108 Å². The normalized spacial score (nSPS) is 12.7. The van der Waals surface area contributed by atoms with E-state index in [1.807, 2.05) is 13.0 Å². The molecule has 0 aliphatic rings. The van der Waals surface area contributed by atoms with Gasteiger partial charge in [-0.05, 0) is 38.8 Å². The highest BCUT2D eigenvalue weighted by Gasteiger charge is 2.13. The number of rotatable bonds is 4. The van der Waals surface area contributed by atoms with Crippen LogP contribution in [0.15, 0.2) is 34.9 Å². The highest BCUT2D eigenvalue weighted by molar-refractivity contribution is 5.30. The van der Waals surface area contributed by atoms with Crippen molar-refractivity contribution in [2.45, 2.75) is 33.2 Å². The van der Waals surface area contributed by atoms with Gasteiger partial charge in [-0.15, -0.1) is 0 Å². The van der Waals surface area contributed by atoms with Gasteiger partial charge in [0.15, 0.2) is 0 Å². The summed E-state index contributed by atoms with van der Waals surface area (Å²) in [7, 11) is 0. The first kappa shape index (κ1) is 12.9. The Balaban J connectivity index is 2.20. The molecule has 0 aliphatic carbocycles. The van der Waals surface area contributed by atoms with Crippen molar-refractivity contribution in [2.24, 2.45) is 5.84 Å². The number of hydrogen-bond acceptors (Lipinski definition) is 3. The summed E-state index contributed by atoms with van der Waals surface area (Å²) in [5.74, 6) is 6.55. The summed E-state index contributed by atoms with van der Waals surface area (Å²) < 4.78 is 5.34. The SMILES string of the molecule is Cc1cc(C)cc(CC(NN)c2coc(C)c2)c1. The van der Waals surface area contributed by atoms with E-state index in [9.17, 15) is 0 Å². The summed E-state index contributed by atoms with van der Waals surface area (Å²) in [6, 6.07) is 8.68. The van der Waals surface area contributed by atoms with E-state index in [2.05, 4.69) is 37.5 Å². The molecule has 0 saturated heterocycles. The summed E-state index contributed by atoms with van der Waals surface area (Å²) >= 11 is 0. The standard InChI is InChI=1S/C15H20N2O/c1-10-4-11(2)6-13(5-10)8-15(17-16)14-7-12(3)18-9-14/h4-7,9,15,17H,8,16H2,1-3H3. The molecule has 1 aromatic carbocycles. The number of nitrogens with one attached hydrogen (secondary N) is 1. The molecule has 1 atom stereocenters. The zero-order valence-corrected chi connectivity index (χ0v) is 11.2. The Hall–Kier alpha value is -1.58. The highest BCUT2D eigenvalue weighted by Crippen LogP contribution is 2.21. The molecule has 2 rings (SSSR count). The topological polar surface area (TPSA) is 51.2 Å². The third kappa shape index (κ3) is 3.00. The van der Waals surface area contributed by atoms with Crippen molar-refractivity contribution >= 4 is 0 Å². The average molecular weight is 244 g/mol. The van der Waals surface area contributed by atoms with Crippen LogP contribution in [-0.4, -0.2) is 0 Å². The van der Waals surface area contributed by atoms with Gasteiger partial charge in [-0.25, -0.2) is 0 Å². The van der Waals surface area contributed by atoms with Crippen LogP contribution in [0.4, 0.5) is 0 Å². The summed E-state index contributed by atoms with van der Waals surface area (Å²) in [4.78, 5) is 0. The lowest BCUT2D eigenvalue weighted by molar-refractivity contribution is 0.511. The Morgan fingerprint density at radius 1 is 1.11 bits per heavy atom. The van der Waals surface area contributed by atoms with Gasteiger partial charge in [0.1, 0.15) is 5.76 Å². The minimum absolute atomic E-state index is 0.0867. The molecule has 1 heterocycles. The van der Waals surface area contributed by atoms with Gasteiger partial charge in [0, 0.05) is 5.56 Å². The van der Waals surface area contributed by atoms with Crippen molar-refractivity contribution in [3.63, 3.8) is 0 Å². The van der Waals surface area contributed by atoms with Crippen molar-refractivity contribution in [2.75, 3.05) is 0 Å². The van der Waals surface area contributed by atoms with Gasteiger partial charge in [0.2, 0.25) is 0 Å². The first-order valence-corrected chi connectivity index (χ1v) is 6.17. The van der Waals surface area contributed by atoms with Gasteiger partial charge < -0.3 is 4.42 Å². The van der Waals surface area contributed by atoms with Crippen molar-refractivity contribution in [3.8, 4) is 0 Å². The average Bonchev–Trinajstić information content (AvgIpc) is 2.71. The summed E-state index contributed by atoms with van der Waals surface area (Å²) in [6.07, 6.45) is 2.63. The molecule has 0 amide bonds. The lowest BCUT2D eigenvalue weighted by Gasteiger charge is -2.15. The molecule has 18 heavy (non-hydrogen) atoms. The van der Waals surface area contributed by atoms with Crippen LogP contribution in [-0.2, 0) is 6.42 Å². The fraction of sp³-hybridized carbons (Fsp3) is 0.333. The maximum atomic E-state index is 5.65. The molecule has 3 N–H and O–H groups in total. The first-order valence-electron chi connectivity index (χ1n) is 6.17. The predicted octanol–water partition coefficient (Wildman–Crippen LogP) is 2.95. The number of nitrogens with two attached hydrogens (primary N) is 1. The van der Waals surface area contributed by atoms with Crippen LogP contribution in [0.3, 0.4) is 0 Å². The number of hydrogen-bond donors (Lipinski definition) is 2. The van der Waals surface area contributed by atoms with E-state index < -0.39 is 0 Å². The van der Waals surface area contributed by atoms with E-state index in [1.54, 1.807) is 6.26 Å². The fourth-order valence-corrected chi connectivity index (χ4v) is 2.34. The van der Waals surface area contributed by atoms with Crippen molar-refractivity contribution in [3.05, 3.63) is 58.5 Å². The Morgan fingerprint density at radius 2 is 1.78 bits per heavy atom. The molecule has 3 nitrogen and oxygen atoms in total. The maximum Gasteiger partial charge on any atom is 0.101 e. The molecule has 0 bridgehead atoms. The molecule has 0 aliphatic heterocycles. The quantitative estimate of drug-likeness (QED) is 0.642. The predicted molar refractivity (Wildman–Crippen MR) is 73.1 cm³/mol. The second kappa shape index (κ2) is 5.38. The molecule has 2 aromatic rings. The van der Waals surface area contributed by atoms with E-state index in [1.165, 1.54) is 16.7 Å². The molecule has 0 radical (unpaired) electrons. The molecule has 96 valence electrons. The second-order valence-electron chi connectivity index (χ2n) is 4.91. The molecule has 0 spiro atoms. The van der Waals surface area contributed by atoms with Crippen LogP contribution >= 0.6 is 0 Å². The molecular weight excluding hydrogens is 224 g/mol. The van der Waals surface area contributed by atoms with Gasteiger partial charge in [-0.1, -0.05) is 29.3 Å². The van der Waals surface area contributed by atoms with Gasteiger partial charge >= 0.3 is 0 Å². The summed E-state index contributed by atoms with van der Waals surface area (Å²) in [5, 5.41) is 0. The van der Waals surface area contributed by atoms with Gasteiger partial charge in [0.05, 0.1) is 12.3 Å². The van der Waals surface area contributed by atoms with Crippen LogP contribution in [0.5, 0.6) is 0 Å². The lowest BCUT2D eigenvalue weighted by atomic mass is 9.98. The third-order valence-corrected chi connectivity index (χ3v) is 3.08. The molecule has 1 unspecified atom stereocenters. The Bertz CT molecular complexity index is 511. The van der Waals surface area contributed by atoms with E-state index >= 15 is 0 Å². The zero-order valence-electron chi connectivity index (χ0n) is 11.2. The van der Waals surface area contributed by atoms with Crippen LogP contribution in [0, 0.1) is 20.8 Å². The van der Waals surface area contributed by atoms with Crippen molar-refractivity contribution in [1.29, 1.82) is 0 Å². The van der Waals surface area contributed by atoms with Gasteiger partial charge in [-0.2, -0.15) is 0 Å². The van der Waals surface area contributed by atoms with Crippen LogP contribution in [0.25, 0.3) is 0 Å². The van der Waals surface area contributed by atoms with Crippen LogP contribution in [0.2, 0.25) is 0 Å². The summed E-state index contributed by atoms with van der Waals surface area (Å²) in [6.45, 7) is 6.17. The number of furan rings is 1. The number of aryl methyl sites for hydroxylation is 3. The fourth-order valence-electron chi connectivity index (χ4n) is 2.34. The van der Waals surface area contributed by atoms with Gasteiger partial charge in [-0.3, -0.25) is 11.3 Å². The Morgan fingerprint density at radius 3 is 2.28 bits per heavy atom. The molecular formula is C15H20N2O. The maximum absolute atomic E-state index is 5.65. The second-order valence-corrected chi connectivity index (χ2v) is 4.91. The summed E-state index contributed by atoms with van der Waals surface area (Å²) in [5.41, 5.74) is 7.80. The van der Waals surface area contributed by atoms with Gasteiger partial charge in [0.25, 0.3) is 0 Å². The monoisotopic (exact) mass is 244 g/mol. The third-order valence-electron chi connectivity index (χ3n) is 3.08.